The highest BCUT2D eigenvalue weighted by Crippen LogP contribution is 2.36. The molecule has 0 fully saturated rings. The van der Waals surface area contributed by atoms with Crippen LogP contribution < -0.4 is 0 Å². The summed E-state index contributed by atoms with van der Waals surface area (Å²) in [5.74, 6) is -0.182. The van der Waals surface area contributed by atoms with Crippen LogP contribution in [-0.4, -0.2) is 39.9 Å². The Morgan fingerprint density at radius 2 is 1.88 bits per heavy atom. The number of rotatable bonds is 8. The lowest BCUT2D eigenvalue weighted by molar-refractivity contribution is 0.209. The highest BCUT2D eigenvalue weighted by atomic mass is 28.4. The van der Waals surface area contributed by atoms with E-state index in [1.807, 2.05) is 24.3 Å². The first-order chi connectivity index (χ1) is 15.4. The number of hydrogen-bond acceptors (Lipinski definition) is 5. The third-order valence-electron chi connectivity index (χ3n) is 6.36. The Kier molecular flexibility index (Phi) is 7.41. The maximum absolute atomic E-state index is 14.2. The van der Waals surface area contributed by atoms with E-state index in [-0.39, 0.29) is 28.0 Å². The first-order valence-corrected chi connectivity index (χ1v) is 14.1. The van der Waals surface area contributed by atoms with Crippen LogP contribution in [0.25, 0.3) is 11.4 Å². The van der Waals surface area contributed by atoms with Gasteiger partial charge in [0.05, 0.1) is 5.56 Å². The minimum absolute atomic E-state index is 0.0678. The van der Waals surface area contributed by atoms with Crippen LogP contribution in [-0.2, 0) is 17.9 Å². The number of phenols is 1. The number of phenolic OH excluding ortho intramolecular Hbond substituents is 1. The molecule has 0 aliphatic carbocycles. The molecule has 0 spiro atoms. The summed E-state index contributed by atoms with van der Waals surface area (Å²) >= 11 is 0. The summed E-state index contributed by atoms with van der Waals surface area (Å²) in [7, 11) is -0.130. The Labute approximate surface area is 196 Å². The van der Waals surface area contributed by atoms with E-state index < -0.39 is 20.2 Å². The lowest BCUT2D eigenvalue weighted by atomic mass is 10.0. The summed E-state index contributed by atoms with van der Waals surface area (Å²) in [4.78, 5) is 4.35. The Morgan fingerprint density at radius 1 is 1.15 bits per heavy atom. The van der Waals surface area contributed by atoms with E-state index >= 15 is 0 Å². The van der Waals surface area contributed by atoms with Crippen LogP contribution in [0.3, 0.4) is 0 Å². The van der Waals surface area contributed by atoms with Crippen molar-refractivity contribution in [3.05, 3.63) is 65.2 Å². The molecule has 33 heavy (non-hydrogen) atoms. The maximum atomic E-state index is 14.2. The molecule has 0 saturated heterocycles. The third-order valence-corrected chi connectivity index (χ3v) is 10.9. The molecule has 1 heterocycles. The van der Waals surface area contributed by atoms with Gasteiger partial charge in [-0.05, 0) is 60.3 Å². The topological polar surface area (TPSA) is 80.4 Å². The zero-order valence-electron chi connectivity index (χ0n) is 20.3. The minimum atomic E-state index is -1.76. The fourth-order valence-corrected chi connectivity index (χ4v) is 4.41. The fraction of sp³-hybridized carbons (Fsp3) is 0.440. The number of hydrogen-bond donors (Lipinski definition) is 2. The van der Waals surface area contributed by atoms with Gasteiger partial charge in [0, 0.05) is 13.7 Å². The predicted molar refractivity (Wildman–Crippen MR) is 130 cm³/mol. The molecule has 3 aromatic rings. The second kappa shape index (κ2) is 9.75. The largest absolute Gasteiger partial charge is 0.508 e. The van der Waals surface area contributed by atoms with E-state index in [1.165, 1.54) is 22.9 Å². The fourth-order valence-electron chi connectivity index (χ4n) is 3.33. The first-order valence-electron chi connectivity index (χ1n) is 11.2. The van der Waals surface area contributed by atoms with E-state index in [9.17, 15) is 14.6 Å². The molecule has 0 saturated carbocycles. The van der Waals surface area contributed by atoms with Crippen molar-refractivity contribution in [3.8, 4) is 17.1 Å². The Bertz CT molecular complexity index is 1110. The highest BCUT2D eigenvalue weighted by molar-refractivity contribution is 6.74. The van der Waals surface area contributed by atoms with Gasteiger partial charge in [-0.2, -0.15) is 5.10 Å². The first kappa shape index (κ1) is 25.1. The van der Waals surface area contributed by atoms with Crippen molar-refractivity contribution in [3.63, 3.8) is 0 Å². The molecule has 8 heteroatoms. The second-order valence-corrected chi connectivity index (χ2v) is 14.8. The Morgan fingerprint density at radius 3 is 2.58 bits per heavy atom. The molecule has 1 atom stereocenters. The summed E-state index contributed by atoms with van der Waals surface area (Å²) in [6.07, 6.45) is 0.688. The molecule has 1 aromatic heterocycles. The summed E-state index contributed by atoms with van der Waals surface area (Å²) in [5, 5.41) is 25.1. The summed E-state index contributed by atoms with van der Waals surface area (Å²) < 4.78 is 21.9. The summed E-state index contributed by atoms with van der Waals surface area (Å²) in [5.41, 5.74) is 1.89. The van der Waals surface area contributed by atoms with Gasteiger partial charge in [0.1, 0.15) is 17.7 Å². The predicted octanol–water partition coefficient (Wildman–Crippen LogP) is 5.36. The average molecular weight is 472 g/mol. The smallest absolute Gasteiger partial charge is 0.191 e. The number of aryl methyl sites for hydroxylation is 2. The van der Waals surface area contributed by atoms with Crippen molar-refractivity contribution in [2.45, 2.75) is 57.8 Å². The van der Waals surface area contributed by atoms with E-state index in [0.717, 1.165) is 18.4 Å². The van der Waals surface area contributed by atoms with Crippen LogP contribution in [0.4, 0.5) is 4.39 Å². The number of aromatic nitrogens is 3. The minimum Gasteiger partial charge on any atom is -0.508 e. The zero-order chi connectivity index (χ0) is 24.4. The molecule has 6 nitrogen and oxygen atoms in total. The molecule has 2 aromatic carbocycles. The van der Waals surface area contributed by atoms with E-state index in [2.05, 4.69) is 43.9 Å². The quantitative estimate of drug-likeness (QED) is 0.341. The molecule has 0 bridgehead atoms. The van der Waals surface area contributed by atoms with Crippen LogP contribution in [0.15, 0.2) is 42.5 Å². The number of halogens is 1. The van der Waals surface area contributed by atoms with Gasteiger partial charge in [-0.3, -0.25) is 0 Å². The number of nitrogens with zero attached hydrogens (tertiary/aromatic N) is 3. The van der Waals surface area contributed by atoms with Gasteiger partial charge in [-0.15, -0.1) is 0 Å². The zero-order valence-corrected chi connectivity index (χ0v) is 21.3. The van der Waals surface area contributed by atoms with Crippen molar-refractivity contribution >= 4 is 8.32 Å². The normalized spacial score (nSPS) is 13.3. The van der Waals surface area contributed by atoms with Crippen molar-refractivity contribution in [1.82, 2.24) is 14.8 Å². The van der Waals surface area contributed by atoms with E-state index in [0.29, 0.717) is 12.2 Å². The van der Waals surface area contributed by atoms with Gasteiger partial charge in [-0.1, -0.05) is 45.0 Å². The molecule has 1 unspecified atom stereocenters. The maximum Gasteiger partial charge on any atom is 0.191 e. The van der Waals surface area contributed by atoms with Gasteiger partial charge in [0.15, 0.2) is 20.0 Å². The van der Waals surface area contributed by atoms with Crippen LogP contribution in [0, 0.1) is 5.82 Å². The number of aliphatic hydroxyl groups excluding tert-OH is 1. The van der Waals surface area contributed by atoms with Crippen LogP contribution in [0.2, 0.25) is 18.1 Å². The van der Waals surface area contributed by atoms with Gasteiger partial charge in [0.25, 0.3) is 0 Å². The highest BCUT2D eigenvalue weighted by Gasteiger charge is 2.36. The standard InChI is InChI=1S/C25H34FN3O3Si/c1-25(2,3)33(5,6)32-14-8-10-17-9-7-11-18(15-17)22(31)23-27-24(29(4)28-23)20-16-19(30)12-13-21(20)26/h7,9,11-13,15-16,22,30-31H,8,10,14H2,1-6H3. The monoisotopic (exact) mass is 471 g/mol. The summed E-state index contributed by atoms with van der Waals surface area (Å²) in [6.45, 7) is 11.9. The lowest BCUT2D eigenvalue weighted by Crippen LogP contribution is -2.41. The average Bonchev–Trinajstić information content (AvgIpc) is 3.13. The Balaban J connectivity index is 1.70. The number of aliphatic hydroxyl groups is 1. The van der Waals surface area contributed by atoms with Crippen LogP contribution >= 0.6 is 0 Å². The van der Waals surface area contributed by atoms with Crippen molar-refractivity contribution in [2.24, 2.45) is 7.05 Å². The molecule has 0 aliphatic rings. The SMILES string of the molecule is Cn1nc(C(O)c2cccc(CCCO[Si](C)(C)C(C)(C)C)c2)nc1-c1cc(O)ccc1F. The van der Waals surface area contributed by atoms with Gasteiger partial charge in [-0.25, -0.2) is 14.1 Å². The molecule has 3 rings (SSSR count). The Hall–Kier alpha value is -2.55. The molecular weight excluding hydrogens is 437 g/mol. The van der Waals surface area contributed by atoms with E-state index in [1.54, 1.807) is 7.05 Å². The molecule has 0 aliphatic heterocycles. The second-order valence-electron chi connectivity index (χ2n) is 9.94. The molecule has 0 amide bonds. The molecule has 178 valence electrons. The molecule has 0 radical (unpaired) electrons. The lowest BCUT2D eigenvalue weighted by Gasteiger charge is -2.36. The van der Waals surface area contributed by atoms with Crippen molar-refractivity contribution in [1.29, 1.82) is 0 Å². The summed E-state index contributed by atoms with van der Waals surface area (Å²) in [6, 6.07) is 11.4. The molecule has 2 N–H and O–H groups in total. The number of benzene rings is 2. The molecular formula is C25H34FN3O3Si. The van der Waals surface area contributed by atoms with Crippen LogP contribution in [0.5, 0.6) is 5.75 Å². The van der Waals surface area contributed by atoms with Gasteiger partial charge in [0.2, 0.25) is 0 Å². The van der Waals surface area contributed by atoms with Gasteiger partial charge < -0.3 is 14.6 Å². The van der Waals surface area contributed by atoms with Crippen molar-refractivity contribution < 1.29 is 19.0 Å². The number of aromatic hydroxyl groups is 1. The van der Waals surface area contributed by atoms with Crippen molar-refractivity contribution in [2.75, 3.05) is 6.61 Å². The third kappa shape index (κ3) is 5.88. The van der Waals surface area contributed by atoms with Gasteiger partial charge >= 0.3 is 0 Å². The van der Waals surface area contributed by atoms with Crippen LogP contribution in [0.1, 0.15) is 50.2 Å². The van der Waals surface area contributed by atoms with E-state index in [4.69, 9.17) is 4.43 Å².